The molecule has 0 bridgehead atoms. The summed E-state index contributed by atoms with van der Waals surface area (Å²) in [6.07, 6.45) is 2.24. The van der Waals surface area contributed by atoms with Crippen molar-refractivity contribution in [3.8, 4) is 0 Å². The highest BCUT2D eigenvalue weighted by Crippen LogP contribution is 2.23. The van der Waals surface area contributed by atoms with Crippen LogP contribution in [-0.2, 0) is 6.42 Å². The van der Waals surface area contributed by atoms with E-state index in [2.05, 4.69) is 32.6 Å². The van der Waals surface area contributed by atoms with Crippen LogP contribution in [0.2, 0.25) is 10.0 Å². The zero-order valence-electron chi connectivity index (χ0n) is 8.62. The van der Waals surface area contributed by atoms with Gasteiger partial charge in [0.25, 0.3) is 0 Å². The summed E-state index contributed by atoms with van der Waals surface area (Å²) in [6, 6.07) is 5.36. The van der Waals surface area contributed by atoms with Crippen LogP contribution in [0.5, 0.6) is 0 Å². The molecule has 0 spiro atoms. The van der Waals surface area contributed by atoms with Crippen LogP contribution in [0, 0.1) is 3.57 Å². The van der Waals surface area contributed by atoms with Gasteiger partial charge in [0.05, 0.1) is 3.57 Å². The monoisotopic (exact) mass is 379 g/mol. The second kappa shape index (κ2) is 5.37. The standard InChI is InChI=1S/C11H8Cl2IN3/c12-7-2-1-6(8(13)4-7)3-10-16-5-9(14)11(15)17-10/h1-2,4-5H,3H2,(H2,15,16,17). The van der Waals surface area contributed by atoms with Crippen molar-refractivity contribution >= 4 is 51.6 Å². The van der Waals surface area contributed by atoms with Gasteiger partial charge in [-0.25, -0.2) is 9.97 Å². The van der Waals surface area contributed by atoms with Crippen molar-refractivity contribution in [3.63, 3.8) is 0 Å². The van der Waals surface area contributed by atoms with Crippen LogP contribution in [0.4, 0.5) is 5.82 Å². The highest BCUT2D eigenvalue weighted by atomic mass is 127. The molecule has 1 heterocycles. The van der Waals surface area contributed by atoms with E-state index < -0.39 is 0 Å². The van der Waals surface area contributed by atoms with Gasteiger partial charge < -0.3 is 5.73 Å². The Kier molecular flexibility index (Phi) is 4.06. The molecule has 0 fully saturated rings. The van der Waals surface area contributed by atoms with E-state index in [4.69, 9.17) is 28.9 Å². The summed E-state index contributed by atoms with van der Waals surface area (Å²) in [5.74, 6) is 1.13. The van der Waals surface area contributed by atoms with E-state index in [9.17, 15) is 0 Å². The maximum absolute atomic E-state index is 6.08. The third-order valence-electron chi connectivity index (χ3n) is 2.18. The lowest BCUT2D eigenvalue weighted by atomic mass is 10.1. The second-order valence-electron chi connectivity index (χ2n) is 3.43. The molecule has 1 aromatic carbocycles. The van der Waals surface area contributed by atoms with Crippen molar-refractivity contribution in [2.75, 3.05) is 5.73 Å². The fourth-order valence-electron chi connectivity index (χ4n) is 1.34. The molecular formula is C11H8Cl2IN3. The number of rotatable bonds is 2. The van der Waals surface area contributed by atoms with E-state index in [0.29, 0.717) is 28.1 Å². The predicted molar refractivity (Wildman–Crippen MR) is 78.4 cm³/mol. The molecule has 6 heteroatoms. The third kappa shape index (κ3) is 3.20. The van der Waals surface area contributed by atoms with E-state index in [1.54, 1.807) is 18.3 Å². The molecule has 3 nitrogen and oxygen atoms in total. The van der Waals surface area contributed by atoms with Crippen LogP contribution >= 0.6 is 45.8 Å². The fourth-order valence-corrected chi connectivity index (χ4v) is 2.07. The first-order chi connectivity index (χ1) is 8.06. The summed E-state index contributed by atoms with van der Waals surface area (Å²) in [5.41, 5.74) is 6.65. The molecule has 1 aromatic heterocycles. The number of aromatic nitrogens is 2. The summed E-state index contributed by atoms with van der Waals surface area (Å²) >= 11 is 14.0. The number of nitrogens with zero attached hydrogens (tertiary/aromatic N) is 2. The first-order valence-corrected chi connectivity index (χ1v) is 6.60. The third-order valence-corrected chi connectivity index (χ3v) is 3.60. The molecule has 0 radical (unpaired) electrons. The average molecular weight is 380 g/mol. The minimum atomic E-state index is 0.487. The largest absolute Gasteiger partial charge is 0.383 e. The van der Waals surface area contributed by atoms with Crippen LogP contribution < -0.4 is 5.73 Å². The van der Waals surface area contributed by atoms with Crippen LogP contribution in [0.1, 0.15) is 11.4 Å². The van der Waals surface area contributed by atoms with Gasteiger partial charge >= 0.3 is 0 Å². The molecule has 2 aromatic rings. The lowest BCUT2D eigenvalue weighted by Crippen LogP contribution is -2.02. The number of halogens is 3. The van der Waals surface area contributed by atoms with Gasteiger partial charge in [0.1, 0.15) is 11.6 Å². The Bertz CT molecular complexity index is 560. The summed E-state index contributed by atoms with van der Waals surface area (Å²) in [6.45, 7) is 0. The molecule has 0 aliphatic carbocycles. The SMILES string of the molecule is Nc1nc(Cc2ccc(Cl)cc2Cl)ncc1I. The number of nitrogen functional groups attached to an aromatic ring is 1. The molecule has 0 saturated carbocycles. The topological polar surface area (TPSA) is 51.8 Å². The van der Waals surface area contributed by atoms with Crippen molar-refractivity contribution in [3.05, 3.63) is 49.4 Å². The van der Waals surface area contributed by atoms with Crippen LogP contribution in [-0.4, -0.2) is 9.97 Å². The van der Waals surface area contributed by atoms with Crippen molar-refractivity contribution in [1.29, 1.82) is 0 Å². The van der Waals surface area contributed by atoms with Gasteiger partial charge in [0.15, 0.2) is 0 Å². The highest BCUT2D eigenvalue weighted by molar-refractivity contribution is 14.1. The van der Waals surface area contributed by atoms with E-state index in [1.165, 1.54) is 0 Å². The fraction of sp³-hybridized carbons (Fsp3) is 0.0909. The van der Waals surface area contributed by atoms with Crippen LogP contribution in [0.15, 0.2) is 24.4 Å². The Balaban J connectivity index is 2.28. The molecule has 2 N–H and O–H groups in total. The maximum atomic E-state index is 6.08. The second-order valence-corrected chi connectivity index (χ2v) is 5.44. The Morgan fingerprint density at radius 2 is 2.06 bits per heavy atom. The number of hydrogen-bond acceptors (Lipinski definition) is 3. The molecule has 17 heavy (non-hydrogen) atoms. The quantitative estimate of drug-likeness (QED) is 0.811. The highest BCUT2D eigenvalue weighted by Gasteiger charge is 2.06. The van der Waals surface area contributed by atoms with Crippen LogP contribution in [0.3, 0.4) is 0 Å². The van der Waals surface area contributed by atoms with Gasteiger partial charge in [0, 0.05) is 22.7 Å². The van der Waals surface area contributed by atoms with Gasteiger partial charge in [0.2, 0.25) is 0 Å². The minimum Gasteiger partial charge on any atom is -0.383 e. The van der Waals surface area contributed by atoms with E-state index in [-0.39, 0.29) is 0 Å². The summed E-state index contributed by atoms with van der Waals surface area (Å²) in [5, 5.41) is 1.22. The van der Waals surface area contributed by atoms with Crippen molar-refractivity contribution in [2.45, 2.75) is 6.42 Å². The van der Waals surface area contributed by atoms with E-state index in [0.717, 1.165) is 9.13 Å². The first kappa shape index (κ1) is 12.9. The molecule has 0 unspecified atom stereocenters. The Morgan fingerprint density at radius 1 is 1.29 bits per heavy atom. The number of benzene rings is 1. The smallest absolute Gasteiger partial charge is 0.140 e. The Morgan fingerprint density at radius 3 is 2.71 bits per heavy atom. The molecule has 0 aliphatic rings. The summed E-state index contributed by atoms with van der Waals surface area (Å²) in [4.78, 5) is 8.41. The maximum Gasteiger partial charge on any atom is 0.140 e. The molecule has 2 rings (SSSR count). The molecular weight excluding hydrogens is 372 g/mol. The zero-order chi connectivity index (χ0) is 12.4. The van der Waals surface area contributed by atoms with Gasteiger partial charge in [-0.05, 0) is 40.3 Å². The predicted octanol–water partition coefficient (Wildman–Crippen LogP) is 3.56. The number of hydrogen-bond donors (Lipinski definition) is 1. The number of anilines is 1. The Hall–Kier alpha value is -0.590. The first-order valence-electron chi connectivity index (χ1n) is 4.77. The zero-order valence-corrected chi connectivity index (χ0v) is 12.3. The van der Waals surface area contributed by atoms with Crippen molar-refractivity contribution in [1.82, 2.24) is 9.97 Å². The van der Waals surface area contributed by atoms with Gasteiger partial charge in [-0.15, -0.1) is 0 Å². The van der Waals surface area contributed by atoms with Crippen molar-refractivity contribution in [2.24, 2.45) is 0 Å². The van der Waals surface area contributed by atoms with Crippen molar-refractivity contribution < 1.29 is 0 Å². The molecule has 0 atom stereocenters. The van der Waals surface area contributed by atoms with Gasteiger partial charge in [-0.3, -0.25) is 0 Å². The summed E-state index contributed by atoms with van der Waals surface area (Å²) in [7, 11) is 0. The molecule has 0 aliphatic heterocycles. The van der Waals surface area contributed by atoms with Gasteiger partial charge in [-0.1, -0.05) is 29.3 Å². The minimum absolute atomic E-state index is 0.487. The average Bonchev–Trinajstić information content (AvgIpc) is 2.27. The molecule has 0 amide bonds. The molecule has 0 saturated heterocycles. The van der Waals surface area contributed by atoms with Gasteiger partial charge in [-0.2, -0.15) is 0 Å². The number of nitrogens with two attached hydrogens (primary N) is 1. The lowest BCUT2D eigenvalue weighted by molar-refractivity contribution is 0.968. The summed E-state index contributed by atoms with van der Waals surface area (Å²) < 4.78 is 0.841. The van der Waals surface area contributed by atoms with E-state index in [1.807, 2.05) is 6.07 Å². The van der Waals surface area contributed by atoms with Crippen LogP contribution in [0.25, 0.3) is 0 Å². The normalized spacial score (nSPS) is 10.5. The molecule has 88 valence electrons. The lowest BCUT2D eigenvalue weighted by Gasteiger charge is -2.05. The Labute approximate surface area is 123 Å². The van der Waals surface area contributed by atoms with E-state index >= 15 is 0 Å².